The number of ether oxygens (including phenoxy) is 2. The van der Waals surface area contributed by atoms with E-state index in [1.807, 2.05) is 50.2 Å². The second-order valence-electron chi connectivity index (χ2n) is 9.88. The van der Waals surface area contributed by atoms with Gasteiger partial charge < -0.3 is 19.3 Å². The summed E-state index contributed by atoms with van der Waals surface area (Å²) in [6.07, 6.45) is 0.504. The first-order valence-electron chi connectivity index (χ1n) is 12.4. The number of anilines is 1. The van der Waals surface area contributed by atoms with E-state index >= 15 is 0 Å². The number of benzene rings is 2. The smallest absolute Gasteiger partial charge is 0.275 e. The number of carbonyl (C=O) groups is 2. The number of methoxy groups -OCH3 is 1. The van der Waals surface area contributed by atoms with Gasteiger partial charge in [0, 0.05) is 31.8 Å². The van der Waals surface area contributed by atoms with Gasteiger partial charge in [0.1, 0.15) is 29.2 Å². The summed E-state index contributed by atoms with van der Waals surface area (Å²) in [5.74, 6) is 6.17. The number of amides is 2. The first-order chi connectivity index (χ1) is 18.2. The number of hydrogen-bond acceptors (Lipinski definition) is 5. The van der Waals surface area contributed by atoms with Crippen molar-refractivity contribution >= 4 is 29.1 Å². The van der Waals surface area contributed by atoms with Crippen LogP contribution >= 0.6 is 11.6 Å². The summed E-state index contributed by atoms with van der Waals surface area (Å²) in [7, 11) is 3.30. The van der Waals surface area contributed by atoms with Crippen LogP contribution in [0.3, 0.4) is 0 Å². The van der Waals surface area contributed by atoms with E-state index < -0.39 is 11.6 Å². The summed E-state index contributed by atoms with van der Waals surface area (Å²) in [5.41, 5.74) is 2.80. The molecule has 9 heteroatoms. The molecule has 3 aromatic rings. The van der Waals surface area contributed by atoms with Crippen LogP contribution in [0.5, 0.6) is 5.75 Å². The largest absolute Gasteiger partial charge is 0.489 e. The molecule has 1 aromatic heterocycles. The first-order valence-corrected chi connectivity index (χ1v) is 12.8. The Kier molecular flexibility index (Phi) is 6.91. The molecule has 8 nitrogen and oxygen atoms in total. The Labute approximate surface area is 227 Å². The lowest BCUT2D eigenvalue weighted by atomic mass is 10.0. The van der Waals surface area contributed by atoms with Gasteiger partial charge in [-0.05, 0) is 44.0 Å². The molecule has 0 spiro atoms. The molecule has 0 bridgehead atoms. The maximum Gasteiger partial charge on any atom is 0.275 e. The zero-order valence-electron chi connectivity index (χ0n) is 21.8. The fourth-order valence-corrected chi connectivity index (χ4v) is 4.85. The lowest BCUT2D eigenvalue weighted by Gasteiger charge is -2.33. The Hall–Kier alpha value is -3.80. The number of carbonyl (C=O) groups excluding carboxylic acids is 2. The minimum atomic E-state index is -0.798. The van der Waals surface area contributed by atoms with Crippen molar-refractivity contribution in [2.24, 2.45) is 0 Å². The Bertz CT molecular complexity index is 1450. The second-order valence-corrected chi connectivity index (χ2v) is 10.2. The van der Waals surface area contributed by atoms with Gasteiger partial charge in [0.15, 0.2) is 5.69 Å². The molecular formula is C29H29ClN4O4. The molecule has 2 amide bonds. The summed E-state index contributed by atoms with van der Waals surface area (Å²) in [6, 6.07) is 14.5. The quantitative estimate of drug-likeness (QED) is 0.478. The van der Waals surface area contributed by atoms with Gasteiger partial charge in [0.05, 0.1) is 12.2 Å². The van der Waals surface area contributed by atoms with Gasteiger partial charge in [-0.1, -0.05) is 53.8 Å². The van der Waals surface area contributed by atoms with Crippen molar-refractivity contribution in [3.8, 4) is 17.6 Å². The van der Waals surface area contributed by atoms with E-state index in [2.05, 4.69) is 16.9 Å². The molecule has 2 aliphatic heterocycles. The maximum atomic E-state index is 13.6. The van der Waals surface area contributed by atoms with Crippen LogP contribution < -0.4 is 9.64 Å². The molecule has 1 atom stereocenters. The van der Waals surface area contributed by atoms with Gasteiger partial charge >= 0.3 is 0 Å². The minimum absolute atomic E-state index is 0.0240. The molecular weight excluding hydrogens is 504 g/mol. The van der Waals surface area contributed by atoms with Crippen LogP contribution in [-0.2, 0) is 22.5 Å². The Morgan fingerprint density at radius 2 is 1.95 bits per heavy atom. The van der Waals surface area contributed by atoms with Crippen molar-refractivity contribution in [3.05, 3.63) is 76.1 Å². The lowest BCUT2D eigenvalue weighted by molar-refractivity contribution is -0.123. The SMILES string of the molecule is COC(C)(C)C#Cc1ccc2c(c1)OC[C@H](N1CCc3c(nn(Cc4ccccc4)c3Cl)C1=O)C(=O)N2C. The van der Waals surface area contributed by atoms with E-state index in [4.69, 9.17) is 21.1 Å². The summed E-state index contributed by atoms with van der Waals surface area (Å²) >= 11 is 6.62. The molecule has 0 fully saturated rings. The van der Waals surface area contributed by atoms with E-state index in [-0.39, 0.29) is 24.1 Å². The fourth-order valence-electron chi connectivity index (χ4n) is 4.56. The third-order valence-corrected chi connectivity index (χ3v) is 7.37. The van der Waals surface area contributed by atoms with Gasteiger partial charge in [-0.25, -0.2) is 4.68 Å². The molecule has 3 heterocycles. The van der Waals surface area contributed by atoms with Crippen molar-refractivity contribution in [1.29, 1.82) is 0 Å². The molecule has 0 N–H and O–H groups in total. The second kappa shape index (κ2) is 10.2. The highest BCUT2D eigenvalue weighted by atomic mass is 35.5. The molecule has 2 aliphatic rings. The number of likely N-dealkylation sites (N-methyl/N-ethyl adjacent to an activating group) is 1. The Morgan fingerprint density at radius 1 is 1.18 bits per heavy atom. The Balaban J connectivity index is 1.38. The fraction of sp³-hybridized carbons (Fsp3) is 0.345. The van der Waals surface area contributed by atoms with E-state index in [1.54, 1.807) is 35.9 Å². The minimum Gasteiger partial charge on any atom is -0.489 e. The van der Waals surface area contributed by atoms with Crippen LogP contribution in [0, 0.1) is 11.8 Å². The lowest BCUT2D eigenvalue weighted by Crippen LogP contribution is -2.54. The van der Waals surface area contributed by atoms with Crippen molar-refractivity contribution in [1.82, 2.24) is 14.7 Å². The van der Waals surface area contributed by atoms with Crippen LogP contribution in [0.15, 0.2) is 48.5 Å². The van der Waals surface area contributed by atoms with Crippen LogP contribution in [0.4, 0.5) is 5.69 Å². The number of aromatic nitrogens is 2. The van der Waals surface area contributed by atoms with E-state index in [0.29, 0.717) is 41.7 Å². The van der Waals surface area contributed by atoms with Crippen LogP contribution in [0.1, 0.15) is 41.0 Å². The summed E-state index contributed by atoms with van der Waals surface area (Å²) in [4.78, 5) is 30.2. The normalized spacial score (nSPS) is 17.2. The van der Waals surface area contributed by atoms with E-state index in [1.165, 1.54) is 4.90 Å². The van der Waals surface area contributed by atoms with Gasteiger partial charge in [0.25, 0.3) is 11.8 Å². The summed E-state index contributed by atoms with van der Waals surface area (Å²) in [6.45, 7) is 4.59. The number of nitrogens with zero attached hydrogens (tertiary/aromatic N) is 4. The molecule has 0 aliphatic carbocycles. The maximum absolute atomic E-state index is 13.6. The highest BCUT2D eigenvalue weighted by Gasteiger charge is 2.40. The molecule has 0 saturated carbocycles. The number of halogens is 1. The number of fused-ring (bicyclic) bond motifs is 2. The van der Waals surface area contributed by atoms with Gasteiger partial charge in [-0.15, -0.1) is 0 Å². The molecule has 2 aromatic carbocycles. The van der Waals surface area contributed by atoms with Crippen LogP contribution in [0.2, 0.25) is 5.15 Å². The molecule has 196 valence electrons. The molecule has 0 saturated heterocycles. The standard InChI is InChI=1S/C29H29ClN4O4/c1-29(2,37-4)14-12-19-10-11-22-24(16-19)38-18-23(27(35)32(22)3)33-15-13-21-25(28(33)36)31-34(26(21)30)17-20-8-6-5-7-9-20/h5-11,16,23H,13,15,17-18H2,1-4H3/t23-/m0/s1. The number of rotatable bonds is 4. The van der Waals surface area contributed by atoms with Crippen LogP contribution in [-0.4, -0.2) is 65.4 Å². The highest BCUT2D eigenvalue weighted by molar-refractivity contribution is 6.31. The van der Waals surface area contributed by atoms with E-state index in [9.17, 15) is 9.59 Å². The average Bonchev–Trinajstić information content (AvgIpc) is 3.18. The summed E-state index contributed by atoms with van der Waals surface area (Å²) < 4.78 is 13.1. The molecule has 5 rings (SSSR count). The molecule has 38 heavy (non-hydrogen) atoms. The number of hydrogen-bond donors (Lipinski definition) is 0. The van der Waals surface area contributed by atoms with Gasteiger partial charge in [0.2, 0.25) is 0 Å². The summed E-state index contributed by atoms with van der Waals surface area (Å²) in [5, 5.41) is 4.99. The third kappa shape index (κ3) is 4.87. The average molecular weight is 533 g/mol. The zero-order valence-corrected chi connectivity index (χ0v) is 22.6. The first kappa shape index (κ1) is 25.8. The third-order valence-electron chi connectivity index (χ3n) is 6.95. The van der Waals surface area contributed by atoms with E-state index in [0.717, 1.165) is 11.1 Å². The monoisotopic (exact) mass is 532 g/mol. The predicted molar refractivity (Wildman–Crippen MR) is 145 cm³/mol. The van der Waals surface area contributed by atoms with Gasteiger partial charge in [-0.2, -0.15) is 5.10 Å². The van der Waals surface area contributed by atoms with Gasteiger partial charge in [-0.3, -0.25) is 9.59 Å². The zero-order chi connectivity index (χ0) is 27.0. The van der Waals surface area contributed by atoms with Crippen molar-refractivity contribution in [3.63, 3.8) is 0 Å². The van der Waals surface area contributed by atoms with Crippen molar-refractivity contribution in [2.45, 2.75) is 38.5 Å². The molecule has 0 radical (unpaired) electrons. The van der Waals surface area contributed by atoms with Crippen molar-refractivity contribution < 1.29 is 19.1 Å². The van der Waals surface area contributed by atoms with Crippen LogP contribution in [0.25, 0.3) is 0 Å². The Morgan fingerprint density at radius 3 is 2.68 bits per heavy atom. The van der Waals surface area contributed by atoms with Crippen molar-refractivity contribution in [2.75, 3.05) is 32.2 Å². The predicted octanol–water partition coefficient (Wildman–Crippen LogP) is 3.78. The molecule has 0 unspecified atom stereocenters. The highest BCUT2D eigenvalue weighted by Crippen LogP contribution is 2.34. The topological polar surface area (TPSA) is 76.9 Å².